The minimum Gasteiger partial charge on any atom is -0.350 e. The topological polar surface area (TPSA) is 57.8 Å². The van der Waals surface area contributed by atoms with Crippen molar-refractivity contribution in [2.75, 3.05) is 6.54 Å². The largest absolute Gasteiger partial charge is 0.350 e. The van der Waals surface area contributed by atoms with Crippen molar-refractivity contribution in [3.8, 4) is 0 Å². The van der Waals surface area contributed by atoms with E-state index in [0.29, 0.717) is 12.2 Å². The summed E-state index contributed by atoms with van der Waals surface area (Å²) in [6, 6.07) is 3.92. The average Bonchev–Trinajstić information content (AvgIpc) is 2.58. The number of rotatable bonds is 0. The Hall–Kier alpha value is -1.84. The van der Waals surface area contributed by atoms with Gasteiger partial charge in [0.1, 0.15) is 5.69 Å². The molecule has 4 heteroatoms. The average molecular weight is 201 g/mol. The maximum absolute atomic E-state index is 11.6. The van der Waals surface area contributed by atoms with Crippen molar-refractivity contribution >= 4 is 16.9 Å². The molecule has 2 aromatic rings. The van der Waals surface area contributed by atoms with Gasteiger partial charge in [0.25, 0.3) is 5.91 Å². The zero-order chi connectivity index (χ0) is 10.4. The van der Waals surface area contributed by atoms with Gasteiger partial charge in [-0.1, -0.05) is 0 Å². The molecule has 0 radical (unpaired) electrons. The number of hydrogen-bond acceptors (Lipinski definition) is 2. The van der Waals surface area contributed by atoms with Crippen LogP contribution < -0.4 is 5.32 Å². The summed E-state index contributed by atoms with van der Waals surface area (Å²) in [5.74, 6) is -0.0214. The number of carbonyl (C=O) groups excluding carboxylic acids is 1. The summed E-state index contributed by atoms with van der Waals surface area (Å²) in [7, 11) is 0. The number of hydrogen-bond donors (Lipinski definition) is 2. The molecule has 15 heavy (non-hydrogen) atoms. The summed E-state index contributed by atoms with van der Waals surface area (Å²) >= 11 is 0. The summed E-state index contributed by atoms with van der Waals surface area (Å²) in [6.07, 6.45) is 0.859. The highest BCUT2D eigenvalue weighted by Crippen LogP contribution is 2.23. The fourth-order valence-electron chi connectivity index (χ4n) is 2.04. The van der Waals surface area contributed by atoms with E-state index in [0.717, 1.165) is 28.7 Å². The van der Waals surface area contributed by atoms with Gasteiger partial charge in [-0.05, 0) is 25.5 Å². The van der Waals surface area contributed by atoms with Crippen molar-refractivity contribution < 1.29 is 4.79 Å². The molecule has 0 unspecified atom stereocenters. The van der Waals surface area contributed by atoms with E-state index >= 15 is 0 Å². The van der Waals surface area contributed by atoms with Crippen LogP contribution in [0.2, 0.25) is 0 Å². The predicted molar refractivity (Wildman–Crippen MR) is 56.9 cm³/mol. The zero-order valence-corrected chi connectivity index (χ0v) is 8.42. The first-order chi connectivity index (χ1) is 7.25. The number of aromatic nitrogens is 2. The SMILES string of the molecule is Cc1ccc2[nH]c3c(c2n1)CCNC3=O. The lowest BCUT2D eigenvalue weighted by molar-refractivity contribution is 0.0942. The van der Waals surface area contributed by atoms with Crippen LogP contribution >= 0.6 is 0 Å². The molecule has 0 spiro atoms. The van der Waals surface area contributed by atoms with Crippen LogP contribution in [0.3, 0.4) is 0 Å². The first kappa shape index (κ1) is 8.47. The molecule has 0 aliphatic carbocycles. The third-order valence-electron chi connectivity index (χ3n) is 2.77. The highest BCUT2D eigenvalue weighted by atomic mass is 16.1. The Labute approximate surface area is 86.7 Å². The Morgan fingerprint density at radius 3 is 3.13 bits per heavy atom. The second-order valence-electron chi connectivity index (χ2n) is 3.83. The normalized spacial score (nSPS) is 15.1. The van der Waals surface area contributed by atoms with E-state index < -0.39 is 0 Å². The van der Waals surface area contributed by atoms with Crippen LogP contribution in [0.15, 0.2) is 12.1 Å². The van der Waals surface area contributed by atoms with Crippen molar-refractivity contribution in [1.82, 2.24) is 15.3 Å². The van der Waals surface area contributed by atoms with Crippen molar-refractivity contribution in [1.29, 1.82) is 0 Å². The summed E-state index contributed by atoms with van der Waals surface area (Å²) in [4.78, 5) is 19.2. The van der Waals surface area contributed by atoms with Gasteiger partial charge < -0.3 is 10.3 Å². The first-order valence-corrected chi connectivity index (χ1v) is 5.02. The minimum atomic E-state index is -0.0214. The molecule has 1 aliphatic heterocycles. The molecule has 2 N–H and O–H groups in total. The molecule has 3 rings (SSSR count). The number of aromatic amines is 1. The monoisotopic (exact) mass is 201 g/mol. The highest BCUT2D eigenvalue weighted by molar-refractivity contribution is 6.01. The second kappa shape index (κ2) is 2.82. The predicted octanol–water partition coefficient (Wildman–Crippen LogP) is 1.16. The van der Waals surface area contributed by atoms with Gasteiger partial charge in [-0.3, -0.25) is 9.78 Å². The van der Waals surface area contributed by atoms with Gasteiger partial charge in [0.05, 0.1) is 11.0 Å². The van der Waals surface area contributed by atoms with Gasteiger partial charge in [-0.2, -0.15) is 0 Å². The Morgan fingerprint density at radius 2 is 2.27 bits per heavy atom. The van der Waals surface area contributed by atoms with Crippen LogP contribution in [-0.2, 0) is 6.42 Å². The minimum absolute atomic E-state index is 0.0214. The molecule has 0 atom stereocenters. The van der Waals surface area contributed by atoms with Gasteiger partial charge in [0, 0.05) is 17.8 Å². The quantitative estimate of drug-likeness (QED) is 0.672. The van der Waals surface area contributed by atoms with E-state index in [9.17, 15) is 4.79 Å². The fourth-order valence-corrected chi connectivity index (χ4v) is 2.04. The number of nitrogens with zero attached hydrogens (tertiary/aromatic N) is 1. The Balaban J connectivity index is 2.36. The molecule has 0 saturated heterocycles. The Kier molecular flexibility index (Phi) is 1.59. The number of carbonyl (C=O) groups is 1. The maximum Gasteiger partial charge on any atom is 0.268 e. The van der Waals surface area contributed by atoms with Crippen molar-refractivity contribution in [3.63, 3.8) is 0 Å². The van der Waals surface area contributed by atoms with E-state index in [1.54, 1.807) is 0 Å². The standard InChI is InChI=1S/C11H11N3O/c1-6-2-3-8-9(13-6)7-4-5-12-11(15)10(7)14-8/h2-3,14H,4-5H2,1H3,(H,12,15). The molecule has 2 aromatic heterocycles. The molecule has 3 heterocycles. The summed E-state index contributed by atoms with van der Waals surface area (Å²) in [5.41, 5.74) is 4.60. The number of H-pyrrole nitrogens is 1. The van der Waals surface area contributed by atoms with E-state index in [4.69, 9.17) is 0 Å². The third-order valence-corrected chi connectivity index (χ3v) is 2.77. The number of aryl methyl sites for hydroxylation is 1. The zero-order valence-electron chi connectivity index (χ0n) is 8.42. The first-order valence-electron chi connectivity index (χ1n) is 5.02. The van der Waals surface area contributed by atoms with Crippen molar-refractivity contribution in [3.05, 3.63) is 29.1 Å². The molecular formula is C11H11N3O. The molecule has 0 aromatic carbocycles. The van der Waals surface area contributed by atoms with Gasteiger partial charge in [-0.15, -0.1) is 0 Å². The van der Waals surface area contributed by atoms with Gasteiger partial charge in [0.2, 0.25) is 0 Å². The number of nitrogens with one attached hydrogen (secondary N) is 2. The van der Waals surface area contributed by atoms with E-state index in [1.807, 2.05) is 19.1 Å². The van der Waals surface area contributed by atoms with Crippen molar-refractivity contribution in [2.24, 2.45) is 0 Å². The Bertz CT molecular complexity index is 556. The summed E-state index contributed by atoms with van der Waals surface area (Å²) in [5, 5.41) is 2.82. The molecule has 0 fully saturated rings. The molecular weight excluding hydrogens is 190 g/mol. The van der Waals surface area contributed by atoms with Crippen LogP contribution in [0.5, 0.6) is 0 Å². The molecule has 0 bridgehead atoms. The van der Waals surface area contributed by atoms with Crippen LogP contribution in [0.1, 0.15) is 21.7 Å². The van der Waals surface area contributed by atoms with E-state index in [1.165, 1.54) is 0 Å². The molecule has 0 saturated carbocycles. The van der Waals surface area contributed by atoms with Gasteiger partial charge >= 0.3 is 0 Å². The maximum atomic E-state index is 11.6. The number of fused-ring (bicyclic) bond motifs is 3. The van der Waals surface area contributed by atoms with Crippen LogP contribution in [0.4, 0.5) is 0 Å². The van der Waals surface area contributed by atoms with Crippen LogP contribution in [-0.4, -0.2) is 22.4 Å². The van der Waals surface area contributed by atoms with Crippen LogP contribution in [0, 0.1) is 6.92 Å². The highest BCUT2D eigenvalue weighted by Gasteiger charge is 2.22. The summed E-state index contributed by atoms with van der Waals surface area (Å²) in [6.45, 7) is 2.66. The third kappa shape index (κ3) is 1.14. The van der Waals surface area contributed by atoms with E-state index in [2.05, 4.69) is 15.3 Å². The number of amides is 1. The molecule has 4 nitrogen and oxygen atoms in total. The molecule has 1 aliphatic rings. The van der Waals surface area contributed by atoms with Crippen LogP contribution in [0.25, 0.3) is 11.0 Å². The number of pyridine rings is 1. The second-order valence-corrected chi connectivity index (χ2v) is 3.83. The molecule has 76 valence electrons. The Morgan fingerprint density at radius 1 is 1.40 bits per heavy atom. The van der Waals surface area contributed by atoms with Gasteiger partial charge in [0.15, 0.2) is 0 Å². The molecule has 1 amide bonds. The summed E-state index contributed by atoms with van der Waals surface area (Å²) < 4.78 is 0. The lowest BCUT2D eigenvalue weighted by Crippen LogP contribution is -2.31. The smallest absolute Gasteiger partial charge is 0.268 e. The lowest BCUT2D eigenvalue weighted by Gasteiger charge is -2.11. The lowest BCUT2D eigenvalue weighted by atomic mass is 10.1. The fraction of sp³-hybridized carbons (Fsp3) is 0.273. The van der Waals surface area contributed by atoms with Gasteiger partial charge in [-0.25, -0.2) is 0 Å². The van der Waals surface area contributed by atoms with E-state index in [-0.39, 0.29) is 5.91 Å². The van der Waals surface area contributed by atoms with Crippen molar-refractivity contribution in [2.45, 2.75) is 13.3 Å².